The van der Waals surface area contributed by atoms with Crippen LogP contribution in [0.4, 0.5) is 34.1 Å². The molecule has 0 N–H and O–H groups in total. The van der Waals surface area contributed by atoms with Crippen molar-refractivity contribution in [1.29, 1.82) is 0 Å². The molecule has 2 aliphatic rings. The van der Waals surface area contributed by atoms with E-state index in [-0.39, 0.29) is 23.0 Å². The van der Waals surface area contributed by atoms with Gasteiger partial charge in [-0.05, 0) is 139 Å². The lowest BCUT2D eigenvalue weighted by Gasteiger charge is -2.45. The predicted octanol–water partition coefficient (Wildman–Crippen LogP) is 19.2. The number of aromatic nitrogens is 2. The van der Waals surface area contributed by atoms with E-state index in [1.165, 1.54) is 127 Å². The standard InChI is InChI=1S/C78H67BN4/c1-76(2,3)52-39-35-50(36-40-52)58-30-22-31-59(51-37-41-53(42-38-51)77(4,5)6)75(58)83-66-34-21-18-29-62(66)72-67(83)45-46-68-74(72)79-63-44-43-57(82-64-32-19-16-27-60(64)61-28-17-20-33-65(61)82)49-69(63)81(56-25-14-11-15-26-56)71-48-54(78(7,8)9)47-70(73(71)79)80(68)55-23-12-10-13-24-55/h10-49H,1-9H3. The highest BCUT2D eigenvalue weighted by Crippen LogP contribution is 2.50. The highest BCUT2D eigenvalue weighted by Gasteiger charge is 2.46. The molecule has 0 amide bonds. The van der Waals surface area contributed by atoms with E-state index >= 15 is 0 Å². The maximum atomic E-state index is 2.61. The fraction of sp³-hybridized carbons (Fsp3) is 0.154. The largest absolute Gasteiger partial charge is 0.311 e. The molecular formula is C78H67BN4. The van der Waals surface area contributed by atoms with Crippen LogP contribution in [0.2, 0.25) is 0 Å². The topological polar surface area (TPSA) is 16.3 Å². The summed E-state index contributed by atoms with van der Waals surface area (Å²) in [4.78, 5) is 5.16. The molecule has 0 fully saturated rings. The van der Waals surface area contributed by atoms with Crippen molar-refractivity contribution in [2.45, 2.75) is 78.6 Å². The van der Waals surface area contributed by atoms with E-state index in [0.29, 0.717) is 0 Å². The second-order valence-electron chi connectivity index (χ2n) is 26.2. The molecule has 83 heavy (non-hydrogen) atoms. The molecule has 2 aromatic heterocycles. The van der Waals surface area contributed by atoms with Gasteiger partial charge in [0.05, 0.1) is 27.8 Å². The minimum atomic E-state index is -0.167. The third-order valence-corrected chi connectivity index (χ3v) is 18.0. The Bertz CT molecular complexity index is 4590. The van der Waals surface area contributed by atoms with Crippen LogP contribution in [0.3, 0.4) is 0 Å². The summed E-state index contributed by atoms with van der Waals surface area (Å²) in [6, 6.07) is 92.0. The van der Waals surface area contributed by atoms with Crippen LogP contribution >= 0.6 is 0 Å². The Kier molecular flexibility index (Phi) is 11.3. The molecule has 0 unspecified atom stereocenters. The average Bonchev–Trinajstić information content (AvgIpc) is 1.81. The third-order valence-electron chi connectivity index (χ3n) is 18.0. The second-order valence-corrected chi connectivity index (χ2v) is 26.2. The van der Waals surface area contributed by atoms with Crippen LogP contribution in [0.25, 0.3) is 77.2 Å². The molecule has 402 valence electrons. The molecule has 4 nitrogen and oxygen atoms in total. The van der Waals surface area contributed by atoms with Gasteiger partial charge in [0.15, 0.2) is 0 Å². The lowest BCUT2D eigenvalue weighted by molar-refractivity contribution is 0.590. The van der Waals surface area contributed by atoms with Crippen LogP contribution in [0.15, 0.2) is 243 Å². The van der Waals surface area contributed by atoms with Crippen LogP contribution in [0.5, 0.6) is 0 Å². The van der Waals surface area contributed by atoms with Gasteiger partial charge >= 0.3 is 0 Å². The van der Waals surface area contributed by atoms with Crippen molar-refractivity contribution in [1.82, 2.24) is 9.13 Å². The van der Waals surface area contributed by atoms with E-state index in [4.69, 9.17) is 0 Å². The highest BCUT2D eigenvalue weighted by atomic mass is 15.2. The SMILES string of the molecule is CC(C)(C)c1ccc(-c2cccc(-c3ccc(C(C)(C)C)cc3)c2-n2c3ccccc3c3c4c(ccc32)N(c2ccccc2)c2cc(C(C)(C)C)cc3c2B4c2ccc(-n4c5ccccc5c5ccccc54)cc2N3c2ccccc2)cc1. The van der Waals surface area contributed by atoms with E-state index in [2.05, 4.69) is 324 Å². The molecule has 2 aliphatic heterocycles. The summed E-state index contributed by atoms with van der Waals surface area (Å²) in [6.45, 7) is 20.7. The van der Waals surface area contributed by atoms with Crippen molar-refractivity contribution in [3.05, 3.63) is 259 Å². The number of benzene rings is 11. The van der Waals surface area contributed by atoms with Gasteiger partial charge in [-0.15, -0.1) is 0 Å². The number of nitrogens with zero attached hydrogens (tertiary/aromatic N) is 4. The summed E-state index contributed by atoms with van der Waals surface area (Å²) in [5.41, 5.74) is 26.5. The van der Waals surface area contributed by atoms with E-state index in [1.807, 2.05) is 0 Å². The molecule has 0 saturated carbocycles. The number of hydrogen-bond donors (Lipinski definition) is 0. The fourth-order valence-electron chi connectivity index (χ4n) is 13.8. The Balaban J connectivity index is 1.08. The Hall–Kier alpha value is -9.32. The summed E-state index contributed by atoms with van der Waals surface area (Å²) in [6.07, 6.45) is 0. The number of rotatable bonds is 6. The van der Waals surface area contributed by atoms with Crippen LogP contribution in [-0.4, -0.2) is 15.8 Å². The number of anilines is 6. The lowest BCUT2D eigenvalue weighted by Crippen LogP contribution is -2.61. The predicted molar refractivity (Wildman–Crippen MR) is 356 cm³/mol. The molecule has 0 radical (unpaired) electrons. The minimum Gasteiger partial charge on any atom is -0.311 e. The highest BCUT2D eigenvalue weighted by molar-refractivity contribution is 7.02. The number of fused-ring (bicyclic) bond motifs is 11. The third kappa shape index (κ3) is 7.95. The quantitative estimate of drug-likeness (QED) is 0.154. The summed E-state index contributed by atoms with van der Waals surface area (Å²) in [7, 11) is 0. The maximum absolute atomic E-state index is 2.61. The van der Waals surface area contributed by atoms with Crippen LogP contribution in [0.1, 0.15) is 79.0 Å². The number of para-hydroxylation sites is 6. The molecule has 0 saturated heterocycles. The lowest BCUT2D eigenvalue weighted by atomic mass is 9.33. The maximum Gasteiger partial charge on any atom is 0.253 e. The summed E-state index contributed by atoms with van der Waals surface area (Å²) in [5, 5.41) is 4.99. The molecule has 15 rings (SSSR count). The normalized spacial score (nSPS) is 13.3. The monoisotopic (exact) mass is 1070 g/mol. The van der Waals surface area contributed by atoms with Gasteiger partial charge in [0, 0.05) is 72.5 Å². The zero-order chi connectivity index (χ0) is 56.7. The molecular weight excluding hydrogens is 1000 g/mol. The molecule has 5 heteroatoms. The second kappa shape index (κ2) is 18.6. The first-order valence-corrected chi connectivity index (χ1v) is 29.5. The molecule has 0 aliphatic carbocycles. The average molecular weight is 1070 g/mol. The van der Waals surface area contributed by atoms with Crippen LogP contribution < -0.4 is 26.2 Å². The van der Waals surface area contributed by atoms with Gasteiger partial charge in [-0.3, -0.25) is 0 Å². The van der Waals surface area contributed by atoms with Gasteiger partial charge in [-0.2, -0.15) is 0 Å². The Morgan fingerprint density at radius 3 is 1.27 bits per heavy atom. The molecule has 0 spiro atoms. The molecule has 0 atom stereocenters. The zero-order valence-electron chi connectivity index (χ0n) is 49.0. The first-order valence-electron chi connectivity index (χ1n) is 29.5. The van der Waals surface area contributed by atoms with Crippen LogP contribution in [-0.2, 0) is 16.2 Å². The molecule has 11 aromatic carbocycles. The summed E-state index contributed by atoms with van der Waals surface area (Å²) >= 11 is 0. The van der Waals surface area contributed by atoms with Gasteiger partial charge in [-0.1, -0.05) is 226 Å². The van der Waals surface area contributed by atoms with E-state index < -0.39 is 0 Å². The van der Waals surface area contributed by atoms with Crippen molar-refractivity contribution >= 4 is 101 Å². The van der Waals surface area contributed by atoms with Gasteiger partial charge in [0.1, 0.15) is 0 Å². The van der Waals surface area contributed by atoms with Crippen LogP contribution in [0, 0.1) is 0 Å². The Morgan fingerprint density at radius 2 is 0.759 bits per heavy atom. The zero-order valence-corrected chi connectivity index (χ0v) is 49.0. The Labute approximate surface area is 488 Å². The van der Waals surface area contributed by atoms with Gasteiger partial charge < -0.3 is 18.9 Å². The fourth-order valence-corrected chi connectivity index (χ4v) is 13.8. The van der Waals surface area contributed by atoms with E-state index in [1.54, 1.807) is 0 Å². The summed E-state index contributed by atoms with van der Waals surface area (Å²) in [5.74, 6) is 0. The first-order chi connectivity index (χ1) is 40.1. The molecule has 13 aromatic rings. The van der Waals surface area contributed by atoms with Gasteiger partial charge in [-0.25, -0.2) is 0 Å². The number of hydrogen-bond acceptors (Lipinski definition) is 2. The van der Waals surface area contributed by atoms with Crippen molar-refractivity contribution in [2.75, 3.05) is 9.80 Å². The van der Waals surface area contributed by atoms with E-state index in [9.17, 15) is 0 Å². The van der Waals surface area contributed by atoms with Gasteiger partial charge in [0.25, 0.3) is 6.71 Å². The van der Waals surface area contributed by atoms with Crippen molar-refractivity contribution < 1.29 is 0 Å². The first kappa shape index (κ1) is 50.6. The van der Waals surface area contributed by atoms with Crippen molar-refractivity contribution in [3.63, 3.8) is 0 Å². The van der Waals surface area contributed by atoms with Crippen molar-refractivity contribution in [3.8, 4) is 33.6 Å². The van der Waals surface area contributed by atoms with Gasteiger partial charge in [0.2, 0.25) is 0 Å². The molecule has 4 heterocycles. The summed E-state index contributed by atoms with van der Waals surface area (Å²) < 4.78 is 5.09. The van der Waals surface area contributed by atoms with Crippen molar-refractivity contribution in [2.24, 2.45) is 0 Å². The van der Waals surface area contributed by atoms with E-state index in [0.717, 1.165) is 17.1 Å². The smallest absolute Gasteiger partial charge is 0.253 e. The molecule has 0 bridgehead atoms. The minimum absolute atomic E-state index is 0.0207. The Morgan fingerprint density at radius 1 is 0.301 bits per heavy atom.